The molecule has 0 N–H and O–H groups in total. The Hall–Kier alpha value is -0.150. The number of alkyl halides is 1. The third-order valence-electron chi connectivity index (χ3n) is 2.19. The van der Waals surface area contributed by atoms with Crippen LogP contribution < -0.4 is 0 Å². The van der Waals surface area contributed by atoms with Gasteiger partial charge in [0.2, 0.25) is 0 Å². The molecular formula is C9H18FNO. The first-order valence-electron chi connectivity index (χ1n) is 4.52. The van der Waals surface area contributed by atoms with Crippen LogP contribution in [-0.2, 0) is 4.74 Å². The molecule has 1 aliphatic rings. The quantitative estimate of drug-likeness (QED) is 0.598. The van der Waals surface area contributed by atoms with E-state index in [9.17, 15) is 4.39 Å². The minimum atomic E-state index is -1.18. The predicted molar refractivity (Wildman–Crippen MR) is 47.0 cm³/mol. The monoisotopic (exact) mass is 175 g/mol. The predicted octanol–water partition coefficient (Wildman–Crippen LogP) is 1.46. The van der Waals surface area contributed by atoms with Gasteiger partial charge in [0, 0.05) is 19.1 Å². The molecule has 2 nitrogen and oxygen atoms in total. The Morgan fingerprint density at radius 2 is 2.17 bits per heavy atom. The van der Waals surface area contributed by atoms with Crippen LogP contribution >= 0.6 is 0 Å². The van der Waals surface area contributed by atoms with Crippen LogP contribution in [-0.4, -0.2) is 42.9 Å². The summed E-state index contributed by atoms with van der Waals surface area (Å²) in [6, 6.07) is 0.404. The topological polar surface area (TPSA) is 12.5 Å². The van der Waals surface area contributed by atoms with Gasteiger partial charge in [-0.05, 0) is 20.8 Å². The lowest BCUT2D eigenvalue weighted by molar-refractivity contribution is 0.0444. The largest absolute Gasteiger partial charge is 0.377 e. The lowest BCUT2D eigenvalue weighted by Gasteiger charge is -2.28. The number of ether oxygens (including phenoxy) is 1. The molecule has 0 aromatic carbocycles. The Morgan fingerprint density at radius 1 is 1.50 bits per heavy atom. The van der Waals surface area contributed by atoms with E-state index in [0.717, 1.165) is 6.54 Å². The van der Waals surface area contributed by atoms with Gasteiger partial charge in [-0.15, -0.1) is 0 Å². The lowest BCUT2D eigenvalue weighted by atomic mass is 10.1. The SMILES string of the molecule is CC(C)N1CCOCC(C)(F)C1. The number of halogens is 1. The van der Waals surface area contributed by atoms with Gasteiger partial charge in [0.1, 0.15) is 5.67 Å². The second-order valence-electron chi connectivity index (χ2n) is 4.03. The van der Waals surface area contributed by atoms with Gasteiger partial charge in [0.05, 0.1) is 13.2 Å². The summed E-state index contributed by atoms with van der Waals surface area (Å²) < 4.78 is 18.7. The van der Waals surface area contributed by atoms with Crippen LogP contribution in [0.5, 0.6) is 0 Å². The molecule has 1 heterocycles. The van der Waals surface area contributed by atoms with Gasteiger partial charge in [-0.2, -0.15) is 0 Å². The molecule has 0 aromatic rings. The summed E-state index contributed by atoms with van der Waals surface area (Å²) in [5.74, 6) is 0. The van der Waals surface area contributed by atoms with Crippen LogP contribution in [0.1, 0.15) is 20.8 Å². The maximum Gasteiger partial charge on any atom is 0.144 e. The molecule has 0 amide bonds. The maximum absolute atomic E-state index is 13.6. The van der Waals surface area contributed by atoms with Gasteiger partial charge in [-0.25, -0.2) is 4.39 Å². The molecule has 0 aliphatic carbocycles. The third-order valence-corrected chi connectivity index (χ3v) is 2.19. The second-order valence-corrected chi connectivity index (χ2v) is 4.03. The van der Waals surface area contributed by atoms with Crippen molar-refractivity contribution in [2.45, 2.75) is 32.5 Å². The fourth-order valence-electron chi connectivity index (χ4n) is 1.46. The summed E-state index contributed by atoms with van der Waals surface area (Å²) in [6.45, 7) is 7.99. The highest BCUT2D eigenvalue weighted by atomic mass is 19.1. The van der Waals surface area contributed by atoms with Crippen molar-refractivity contribution >= 4 is 0 Å². The fraction of sp³-hybridized carbons (Fsp3) is 1.00. The number of nitrogens with zero attached hydrogens (tertiary/aromatic N) is 1. The number of hydrogen-bond donors (Lipinski definition) is 0. The average Bonchev–Trinajstić information content (AvgIpc) is 2.10. The number of rotatable bonds is 1. The zero-order valence-electron chi connectivity index (χ0n) is 8.14. The molecular weight excluding hydrogens is 157 g/mol. The first-order valence-corrected chi connectivity index (χ1v) is 4.52. The van der Waals surface area contributed by atoms with Crippen molar-refractivity contribution < 1.29 is 9.13 Å². The van der Waals surface area contributed by atoms with Gasteiger partial charge in [0.25, 0.3) is 0 Å². The van der Waals surface area contributed by atoms with Crippen LogP contribution in [0.3, 0.4) is 0 Å². The molecule has 1 unspecified atom stereocenters. The summed E-state index contributed by atoms with van der Waals surface area (Å²) in [6.07, 6.45) is 0. The van der Waals surface area contributed by atoms with Crippen molar-refractivity contribution in [3.8, 4) is 0 Å². The summed E-state index contributed by atoms with van der Waals surface area (Å²) in [4.78, 5) is 2.12. The molecule has 1 fully saturated rings. The molecule has 0 radical (unpaired) electrons. The average molecular weight is 175 g/mol. The van der Waals surface area contributed by atoms with Crippen molar-refractivity contribution in [1.29, 1.82) is 0 Å². The number of hydrogen-bond acceptors (Lipinski definition) is 2. The maximum atomic E-state index is 13.6. The van der Waals surface area contributed by atoms with Gasteiger partial charge >= 0.3 is 0 Å². The Kier molecular flexibility index (Phi) is 3.07. The molecule has 1 aliphatic heterocycles. The van der Waals surface area contributed by atoms with Crippen molar-refractivity contribution in [2.75, 3.05) is 26.3 Å². The van der Waals surface area contributed by atoms with E-state index in [2.05, 4.69) is 18.7 Å². The van der Waals surface area contributed by atoms with E-state index in [1.165, 1.54) is 0 Å². The summed E-state index contributed by atoms with van der Waals surface area (Å²) >= 11 is 0. The molecule has 0 aromatic heterocycles. The van der Waals surface area contributed by atoms with Crippen LogP contribution in [0.15, 0.2) is 0 Å². The second kappa shape index (κ2) is 3.71. The van der Waals surface area contributed by atoms with Gasteiger partial charge < -0.3 is 4.74 Å². The Labute approximate surface area is 73.7 Å². The van der Waals surface area contributed by atoms with Crippen molar-refractivity contribution in [1.82, 2.24) is 4.90 Å². The van der Waals surface area contributed by atoms with Gasteiger partial charge in [0.15, 0.2) is 0 Å². The van der Waals surface area contributed by atoms with E-state index in [1.54, 1.807) is 6.92 Å². The fourth-order valence-corrected chi connectivity index (χ4v) is 1.46. The molecule has 1 saturated heterocycles. The van der Waals surface area contributed by atoms with Crippen molar-refractivity contribution in [2.24, 2.45) is 0 Å². The molecule has 0 saturated carbocycles. The summed E-state index contributed by atoms with van der Waals surface area (Å²) in [5, 5.41) is 0. The van der Waals surface area contributed by atoms with Gasteiger partial charge in [-0.1, -0.05) is 0 Å². The van der Waals surface area contributed by atoms with E-state index >= 15 is 0 Å². The standard InChI is InChI=1S/C9H18FNO/c1-8(2)11-4-5-12-7-9(3,10)6-11/h8H,4-7H2,1-3H3. The highest BCUT2D eigenvalue weighted by Crippen LogP contribution is 2.17. The molecule has 72 valence electrons. The third kappa shape index (κ3) is 2.72. The summed E-state index contributed by atoms with van der Waals surface area (Å²) in [5.41, 5.74) is -1.18. The highest BCUT2D eigenvalue weighted by molar-refractivity contribution is 4.81. The smallest absolute Gasteiger partial charge is 0.144 e. The van der Waals surface area contributed by atoms with Gasteiger partial charge in [-0.3, -0.25) is 4.90 Å². The Morgan fingerprint density at radius 3 is 2.75 bits per heavy atom. The minimum absolute atomic E-state index is 0.232. The molecule has 12 heavy (non-hydrogen) atoms. The normalized spacial score (nSPS) is 33.8. The van der Waals surface area contributed by atoms with E-state index in [0.29, 0.717) is 19.2 Å². The Balaban J connectivity index is 2.54. The lowest BCUT2D eigenvalue weighted by Crippen LogP contribution is -2.41. The molecule has 3 heteroatoms. The van der Waals surface area contributed by atoms with Crippen LogP contribution in [0, 0.1) is 0 Å². The zero-order chi connectivity index (χ0) is 9.19. The zero-order valence-corrected chi connectivity index (χ0v) is 8.14. The first-order chi connectivity index (χ1) is 5.51. The molecule has 1 atom stereocenters. The first kappa shape index (κ1) is 9.93. The van der Waals surface area contributed by atoms with Crippen LogP contribution in [0.25, 0.3) is 0 Å². The molecule has 0 spiro atoms. The van der Waals surface area contributed by atoms with E-state index in [1.807, 2.05) is 0 Å². The van der Waals surface area contributed by atoms with Crippen LogP contribution in [0.4, 0.5) is 4.39 Å². The minimum Gasteiger partial charge on any atom is -0.377 e. The van der Waals surface area contributed by atoms with Crippen LogP contribution in [0.2, 0.25) is 0 Å². The van der Waals surface area contributed by atoms with Crippen molar-refractivity contribution in [3.05, 3.63) is 0 Å². The van der Waals surface area contributed by atoms with E-state index < -0.39 is 5.67 Å². The van der Waals surface area contributed by atoms with Crippen molar-refractivity contribution in [3.63, 3.8) is 0 Å². The Bertz CT molecular complexity index is 147. The highest BCUT2D eigenvalue weighted by Gasteiger charge is 2.30. The summed E-state index contributed by atoms with van der Waals surface area (Å²) in [7, 11) is 0. The molecule has 1 rings (SSSR count). The molecule has 0 bridgehead atoms. The van der Waals surface area contributed by atoms with E-state index in [4.69, 9.17) is 4.74 Å². The van der Waals surface area contributed by atoms with E-state index in [-0.39, 0.29) is 6.61 Å².